The maximum atomic E-state index is 12.2. The molecule has 0 atom stereocenters. The molecule has 3 rings (SSSR count). The summed E-state index contributed by atoms with van der Waals surface area (Å²) in [7, 11) is 0. The zero-order chi connectivity index (χ0) is 21.0. The minimum Gasteiger partial charge on any atom is -0.392 e. The molecule has 0 radical (unpaired) electrons. The van der Waals surface area contributed by atoms with Crippen molar-refractivity contribution in [2.24, 2.45) is 0 Å². The van der Waals surface area contributed by atoms with Crippen LogP contribution in [0, 0.1) is 11.3 Å². The normalized spacial score (nSPS) is 10.7. The number of aliphatic hydroxyl groups excluding tert-OH is 3. The molecule has 0 saturated heterocycles. The molecule has 0 aliphatic heterocycles. The number of imidazole rings is 1. The number of nitrogens with one attached hydrogen (secondary N) is 3. The van der Waals surface area contributed by atoms with Crippen LogP contribution in [0.3, 0.4) is 0 Å². The highest BCUT2D eigenvalue weighted by Crippen LogP contribution is 2.38. The molecule has 1 amide bonds. The number of carbonyl (C=O) groups excluding carboxylic acids is 1. The molecule has 0 bridgehead atoms. The summed E-state index contributed by atoms with van der Waals surface area (Å²) in [5.41, 5.74) is 3.28. The average Bonchev–Trinajstić information content (AvgIpc) is 3.38. The van der Waals surface area contributed by atoms with E-state index in [-0.39, 0.29) is 37.9 Å². The van der Waals surface area contributed by atoms with Crippen LogP contribution in [-0.4, -0.2) is 36.2 Å². The van der Waals surface area contributed by atoms with Gasteiger partial charge in [0, 0.05) is 23.7 Å². The Bertz CT molecular complexity index is 1070. The minimum absolute atomic E-state index is 0.0657. The lowest BCUT2D eigenvalue weighted by Gasteiger charge is -2.16. The standard InChI is InChI=1S/C19H18BrN5O4/c20-17-14(5-21)25-15(6-24-19(29)18-22-3-4-23-18)16(17)11-2-1-10(7-26)12(8-27)13(11)9-28/h1-4,25-28H,6-9H2,(H,22,23)(H,24,29). The SMILES string of the molecule is N#Cc1[nH]c(CNC(=O)c2ncc[nH]2)c(-c2ccc(CO)c(CO)c2CO)c1Br. The third kappa shape index (κ3) is 3.94. The summed E-state index contributed by atoms with van der Waals surface area (Å²) in [6.07, 6.45) is 3.00. The van der Waals surface area contributed by atoms with Crippen molar-refractivity contribution >= 4 is 21.8 Å². The van der Waals surface area contributed by atoms with Crippen molar-refractivity contribution in [3.8, 4) is 17.2 Å². The van der Waals surface area contributed by atoms with Crippen molar-refractivity contribution in [2.45, 2.75) is 26.4 Å². The molecule has 2 aromatic heterocycles. The van der Waals surface area contributed by atoms with Crippen molar-refractivity contribution in [3.05, 3.63) is 62.9 Å². The number of aromatic nitrogens is 3. The van der Waals surface area contributed by atoms with Gasteiger partial charge in [-0.1, -0.05) is 12.1 Å². The van der Waals surface area contributed by atoms with Gasteiger partial charge in [-0.2, -0.15) is 5.26 Å². The zero-order valence-electron chi connectivity index (χ0n) is 15.2. The van der Waals surface area contributed by atoms with Crippen LogP contribution < -0.4 is 5.32 Å². The van der Waals surface area contributed by atoms with E-state index in [4.69, 9.17) is 0 Å². The minimum atomic E-state index is -0.417. The first-order chi connectivity index (χ1) is 14.0. The van der Waals surface area contributed by atoms with Gasteiger partial charge >= 0.3 is 0 Å². The van der Waals surface area contributed by atoms with E-state index in [0.717, 1.165) is 0 Å². The smallest absolute Gasteiger partial charge is 0.287 e. The Labute approximate surface area is 174 Å². The molecule has 150 valence electrons. The first kappa shape index (κ1) is 20.8. The molecule has 0 saturated carbocycles. The second kappa shape index (κ2) is 9.02. The van der Waals surface area contributed by atoms with Crippen LogP contribution in [0.4, 0.5) is 0 Å². The van der Waals surface area contributed by atoms with Gasteiger partial charge in [-0.15, -0.1) is 0 Å². The topological polar surface area (TPSA) is 158 Å². The van der Waals surface area contributed by atoms with E-state index in [1.807, 2.05) is 6.07 Å². The van der Waals surface area contributed by atoms with Crippen LogP contribution in [0.5, 0.6) is 0 Å². The largest absolute Gasteiger partial charge is 0.392 e. The van der Waals surface area contributed by atoms with E-state index >= 15 is 0 Å². The zero-order valence-corrected chi connectivity index (χ0v) is 16.7. The van der Waals surface area contributed by atoms with Crippen LogP contribution in [0.25, 0.3) is 11.1 Å². The van der Waals surface area contributed by atoms with E-state index < -0.39 is 5.91 Å². The van der Waals surface area contributed by atoms with Crippen LogP contribution in [-0.2, 0) is 26.4 Å². The fourth-order valence-corrected chi connectivity index (χ4v) is 3.80. The molecule has 9 nitrogen and oxygen atoms in total. The van der Waals surface area contributed by atoms with E-state index in [9.17, 15) is 25.4 Å². The van der Waals surface area contributed by atoms with Gasteiger partial charge in [-0.25, -0.2) is 4.98 Å². The second-order valence-corrected chi connectivity index (χ2v) is 6.90. The Morgan fingerprint density at radius 2 is 1.97 bits per heavy atom. The number of aromatic amines is 2. The van der Waals surface area contributed by atoms with Crippen LogP contribution in [0.15, 0.2) is 29.0 Å². The highest BCUT2D eigenvalue weighted by atomic mass is 79.9. The van der Waals surface area contributed by atoms with Gasteiger partial charge in [0.05, 0.1) is 30.8 Å². The van der Waals surface area contributed by atoms with Crippen LogP contribution >= 0.6 is 15.9 Å². The van der Waals surface area contributed by atoms with Gasteiger partial charge in [0.1, 0.15) is 11.8 Å². The second-order valence-electron chi connectivity index (χ2n) is 6.10. The van der Waals surface area contributed by atoms with E-state index in [0.29, 0.717) is 38.0 Å². The van der Waals surface area contributed by atoms with Crippen molar-refractivity contribution < 1.29 is 20.1 Å². The predicted octanol–water partition coefficient (Wildman–Crippen LogP) is 1.45. The van der Waals surface area contributed by atoms with Crippen molar-refractivity contribution in [1.29, 1.82) is 5.26 Å². The fourth-order valence-electron chi connectivity index (χ4n) is 3.16. The van der Waals surface area contributed by atoms with Crippen LogP contribution in [0.2, 0.25) is 0 Å². The van der Waals surface area contributed by atoms with Gasteiger partial charge < -0.3 is 30.6 Å². The first-order valence-electron chi connectivity index (χ1n) is 8.60. The number of halogens is 1. The third-order valence-electron chi connectivity index (χ3n) is 4.55. The highest BCUT2D eigenvalue weighted by Gasteiger charge is 2.22. The molecule has 0 aliphatic rings. The van der Waals surface area contributed by atoms with Crippen molar-refractivity contribution in [1.82, 2.24) is 20.3 Å². The Morgan fingerprint density at radius 1 is 1.21 bits per heavy atom. The van der Waals surface area contributed by atoms with Crippen LogP contribution in [0.1, 0.15) is 38.7 Å². The average molecular weight is 460 g/mol. The summed E-state index contributed by atoms with van der Waals surface area (Å²) in [6, 6.07) is 5.39. The molecule has 0 unspecified atom stereocenters. The molecule has 6 N–H and O–H groups in total. The molecule has 0 spiro atoms. The van der Waals surface area contributed by atoms with E-state index in [1.165, 1.54) is 12.4 Å². The summed E-state index contributed by atoms with van der Waals surface area (Å²) in [4.78, 5) is 21.8. The van der Waals surface area contributed by atoms with E-state index in [2.05, 4.69) is 36.2 Å². The van der Waals surface area contributed by atoms with Crippen molar-refractivity contribution in [2.75, 3.05) is 0 Å². The fraction of sp³-hybridized carbons (Fsp3) is 0.211. The lowest BCUT2D eigenvalue weighted by atomic mass is 9.92. The summed E-state index contributed by atoms with van der Waals surface area (Å²) in [5, 5.41) is 41.3. The molecular formula is C19H18BrN5O4. The maximum Gasteiger partial charge on any atom is 0.287 e. The molecule has 2 heterocycles. The molecule has 3 aromatic rings. The number of aliphatic hydroxyl groups is 3. The molecule has 10 heteroatoms. The van der Waals surface area contributed by atoms with Crippen molar-refractivity contribution in [3.63, 3.8) is 0 Å². The lowest BCUT2D eigenvalue weighted by Crippen LogP contribution is -2.24. The number of nitrogens with zero attached hydrogens (tertiary/aromatic N) is 2. The number of nitriles is 1. The molecule has 0 fully saturated rings. The number of carbonyl (C=O) groups is 1. The van der Waals surface area contributed by atoms with Gasteiger partial charge in [-0.3, -0.25) is 4.79 Å². The molecule has 0 aliphatic carbocycles. The number of hydrogen-bond acceptors (Lipinski definition) is 6. The molecule has 29 heavy (non-hydrogen) atoms. The Kier molecular flexibility index (Phi) is 6.46. The first-order valence-corrected chi connectivity index (χ1v) is 9.39. The number of hydrogen-bond donors (Lipinski definition) is 6. The van der Waals surface area contributed by atoms with E-state index in [1.54, 1.807) is 12.1 Å². The van der Waals surface area contributed by atoms with Gasteiger partial charge in [-0.05, 0) is 38.2 Å². The maximum absolute atomic E-state index is 12.2. The molecule has 1 aromatic carbocycles. The summed E-state index contributed by atoms with van der Waals surface area (Å²) in [5.74, 6) is -0.261. The number of amides is 1. The summed E-state index contributed by atoms with van der Waals surface area (Å²) >= 11 is 3.41. The number of rotatable bonds is 7. The highest BCUT2D eigenvalue weighted by molar-refractivity contribution is 9.10. The Morgan fingerprint density at radius 3 is 2.55 bits per heavy atom. The quantitative estimate of drug-likeness (QED) is 0.313. The van der Waals surface area contributed by atoms with Gasteiger partial charge in [0.25, 0.3) is 5.91 Å². The van der Waals surface area contributed by atoms with Gasteiger partial charge in [0.2, 0.25) is 0 Å². The third-order valence-corrected chi connectivity index (χ3v) is 5.34. The van der Waals surface area contributed by atoms with Gasteiger partial charge in [0.15, 0.2) is 5.82 Å². The number of H-pyrrole nitrogens is 2. The Hall–Kier alpha value is -2.97. The summed E-state index contributed by atoms with van der Waals surface area (Å²) in [6.45, 7) is -0.961. The monoisotopic (exact) mass is 459 g/mol. The number of benzene rings is 1. The Balaban J connectivity index is 2.07. The predicted molar refractivity (Wildman–Crippen MR) is 106 cm³/mol. The molecular weight excluding hydrogens is 442 g/mol. The summed E-state index contributed by atoms with van der Waals surface area (Å²) < 4.78 is 0.470. The lowest BCUT2D eigenvalue weighted by molar-refractivity contribution is 0.0941.